The first-order valence-electron chi connectivity index (χ1n) is 12.5. The van der Waals surface area contributed by atoms with Crippen LogP contribution < -0.4 is 16.2 Å². The molecule has 3 aromatic heterocycles. The lowest BCUT2D eigenvalue weighted by molar-refractivity contribution is 0.443. The van der Waals surface area contributed by atoms with Crippen molar-refractivity contribution in [2.24, 2.45) is 19.5 Å². The number of pyridine rings is 2. The maximum absolute atomic E-state index is 12.9. The lowest BCUT2D eigenvalue weighted by Crippen LogP contribution is -2.20. The summed E-state index contributed by atoms with van der Waals surface area (Å²) in [6.07, 6.45) is 5.15. The minimum Gasteiger partial charge on any atom is -0.383 e. The summed E-state index contributed by atoms with van der Waals surface area (Å²) in [7, 11) is 3.54. The number of hydrogen-bond donors (Lipinski definition) is 2. The first-order valence-corrected chi connectivity index (χ1v) is 12.9. The number of rotatable bonds is 6. The molecule has 2 N–H and O–H groups in total. The highest BCUT2D eigenvalue weighted by Crippen LogP contribution is 2.36. The Morgan fingerprint density at radius 2 is 1.92 bits per heavy atom. The summed E-state index contributed by atoms with van der Waals surface area (Å²) in [5.41, 5.74) is 3.90. The summed E-state index contributed by atoms with van der Waals surface area (Å²) in [6, 6.07) is 13.2. The van der Waals surface area contributed by atoms with Gasteiger partial charge in [0, 0.05) is 49.5 Å². The summed E-state index contributed by atoms with van der Waals surface area (Å²) in [6.45, 7) is 7.03. The van der Waals surface area contributed by atoms with E-state index >= 15 is 0 Å². The Balaban J connectivity index is 1.67. The topological polar surface area (TPSA) is 113 Å². The first kappa shape index (κ1) is 26.2. The monoisotopic (exact) mass is 540 g/mol. The van der Waals surface area contributed by atoms with Gasteiger partial charge in [0.15, 0.2) is 0 Å². The predicted molar refractivity (Wildman–Crippen MR) is 155 cm³/mol. The van der Waals surface area contributed by atoms with E-state index in [1.807, 2.05) is 49.6 Å². The van der Waals surface area contributed by atoms with Crippen LogP contribution in [0.1, 0.15) is 43.6 Å². The zero-order valence-electron chi connectivity index (χ0n) is 22.5. The van der Waals surface area contributed by atoms with Gasteiger partial charge in [-0.3, -0.25) is 14.5 Å². The van der Waals surface area contributed by atoms with Crippen molar-refractivity contribution in [1.82, 2.24) is 24.5 Å². The van der Waals surface area contributed by atoms with Crippen LogP contribution in [0.4, 0.5) is 11.4 Å². The van der Waals surface area contributed by atoms with Gasteiger partial charge in [0.05, 0.1) is 34.0 Å². The van der Waals surface area contributed by atoms with Gasteiger partial charge in [-0.25, -0.2) is 0 Å². The average Bonchev–Trinajstić information content (AvgIpc) is 3.33. The van der Waals surface area contributed by atoms with Gasteiger partial charge in [0.1, 0.15) is 11.8 Å². The molecule has 0 saturated carbocycles. The van der Waals surface area contributed by atoms with Gasteiger partial charge < -0.3 is 15.2 Å². The zero-order chi connectivity index (χ0) is 27.9. The van der Waals surface area contributed by atoms with Crippen molar-refractivity contribution in [1.29, 1.82) is 5.26 Å². The Morgan fingerprint density at radius 1 is 1.13 bits per heavy atom. The van der Waals surface area contributed by atoms with Crippen molar-refractivity contribution < 1.29 is 0 Å². The van der Waals surface area contributed by atoms with Gasteiger partial charge in [-0.1, -0.05) is 49.7 Å². The number of halogens is 1. The molecule has 0 aliphatic carbocycles. The molecule has 3 heterocycles. The maximum atomic E-state index is 12.9. The van der Waals surface area contributed by atoms with Crippen LogP contribution in [0, 0.1) is 16.7 Å². The number of fused-ring (bicyclic) bond motifs is 2. The fourth-order valence-corrected chi connectivity index (χ4v) is 4.87. The largest absolute Gasteiger partial charge is 0.383 e. The Morgan fingerprint density at radius 3 is 2.62 bits per heavy atom. The molecule has 9 nitrogen and oxygen atoms in total. The third kappa shape index (κ3) is 5.16. The molecule has 5 rings (SSSR count). The van der Waals surface area contributed by atoms with Gasteiger partial charge in [0.25, 0.3) is 5.56 Å². The highest BCUT2D eigenvalue weighted by molar-refractivity contribution is 6.35. The Labute approximate surface area is 231 Å². The molecular weight excluding hydrogens is 512 g/mol. The standard InChI is InChI=1S/C29H29ClN8O/c1-29(2,3)16-33-25-17(13-31)14-32-26-22(25)11-18(12-23(26)30)34-27(24-15-38(5)36-35-24)20-7-6-8-21-19(20)9-10-37(4)28(21)39/h6-12,14-15,27,34H,16H2,1-5H3,(H,32,33)/t27-/m0/s1. The van der Waals surface area contributed by atoms with E-state index in [1.165, 1.54) is 0 Å². The van der Waals surface area contributed by atoms with Crippen molar-refractivity contribution in [2.75, 3.05) is 17.2 Å². The Hall–Kier alpha value is -4.42. The third-order valence-corrected chi connectivity index (χ3v) is 6.82. The van der Waals surface area contributed by atoms with Crippen LogP contribution >= 0.6 is 11.6 Å². The number of aryl methyl sites for hydroxylation is 2. The fraction of sp³-hybridized carbons (Fsp3) is 0.276. The van der Waals surface area contributed by atoms with E-state index in [0.717, 1.165) is 16.3 Å². The minimum absolute atomic E-state index is 0.00945. The molecule has 0 radical (unpaired) electrons. The second-order valence-electron chi connectivity index (χ2n) is 10.9. The highest BCUT2D eigenvalue weighted by atomic mass is 35.5. The molecule has 5 aromatic rings. The molecule has 0 fully saturated rings. The summed E-state index contributed by atoms with van der Waals surface area (Å²) in [5, 5.41) is 28.0. The van der Waals surface area contributed by atoms with Crippen LogP contribution in [0.3, 0.4) is 0 Å². The normalized spacial score (nSPS) is 12.4. The number of nitriles is 1. The average molecular weight is 541 g/mol. The van der Waals surface area contributed by atoms with Gasteiger partial charge in [-0.2, -0.15) is 5.26 Å². The molecule has 10 heteroatoms. The molecule has 39 heavy (non-hydrogen) atoms. The van der Waals surface area contributed by atoms with Crippen LogP contribution in [0.2, 0.25) is 5.02 Å². The number of aromatic nitrogens is 5. The minimum atomic E-state index is -0.443. The van der Waals surface area contributed by atoms with Crippen molar-refractivity contribution in [3.05, 3.63) is 87.2 Å². The fourth-order valence-electron chi connectivity index (χ4n) is 4.60. The first-order chi connectivity index (χ1) is 18.6. The molecule has 0 spiro atoms. The molecule has 2 aromatic carbocycles. The Bertz CT molecular complexity index is 1810. The molecular formula is C29H29ClN8O. The van der Waals surface area contributed by atoms with E-state index < -0.39 is 6.04 Å². The van der Waals surface area contributed by atoms with Crippen LogP contribution in [0.25, 0.3) is 21.7 Å². The van der Waals surface area contributed by atoms with Crippen LogP contribution in [0.5, 0.6) is 0 Å². The lowest BCUT2D eigenvalue weighted by Gasteiger charge is -2.23. The third-order valence-electron chi connectivity index (χ3n) is 6.53. The van der Waals surface area contributed by atoms with E-state index in [4.69, 9.17) is 11.6 Å². The van der Waals surface area contributed by atoms with Gasteiger partial charge >= 0.3 is 0 Å². The van der Waals surface area contributed by atoms with Crippen LogP contribution in [-0.4, -0.2) is 31.1 Å². The van der Waals surface area contributed by atoms with Crippen LogP contribution in [0.15, 0.2) is 59.8 Å². The summed E-state index contributed by atoms with van der Waals surface area (Å²) < 4.78 is 3.20. The second-order valence-corrected chi connectivity index (χ2v) is 11.3. The molecule has 198 valence electrons. The molecule has 0 amide bonds. The molecule has 0 aliphatic rings. The second kappa shape index (κ2) is 10.0. The summed E-state index contributed by atoms with van der Waals surface area (Å²) in [4.78, 5) is 17.3. The molecule has 1 atom stereocenters. The molecule has 0 aliphatic heterocycles. The predicted octanol–water partition coefficient (Wildman–Crippen LogP) is 5.40. The number of nitrogens with zero attached hydrogens (tertiary/aromatic N) is 6. The zero-order valence-corrected chi connectivity index (χ0v) is 23.2. The Kier molecular flexibility index (Phi) is 6.74. The summed E-state index contributed by atoms with van der Waals surface area (Å²) >= 11 is 6.74. The molecule has 0 saturated heterocycles. The molecule has 0 unspecified atom stereocenters. The van der Waals surface area contributed by atoms with Crippen molar-refractivity contribution in [2.45, 2.75) is 26.8 Å². The SMILES string of the molecule is Cn1cc([C@@H](Nc2cc(Cl)c3ncc(C#N)c(NCC(C)(C)C)c3c2)c2cccc3c(=O)n(C)ccc23)nn1. The van der Waals surface area contributed by atoms with E-state index in [1.54, 1.807) is 28.7 Å². The van der Waals surface area contributed by atoms with Crippen LogP contribution in [-0.2, 0) is 14.1 Å². The number of benzene rings is 2. The van der Waals surface area contributed by atoms with Gasteiger partial charge in [0.2, 0.25) is 0 Å². The number of nitrogens with one attached hydrogen (secondary N) is 2. The van der Waals surface area contributed by atoms with Gasteiger partial charge in [-0.15, -0.1) is 5.10 Å². The quantitative estimate of drug-likeness (QED) is 0.296. The van der Waals surface area contributed by atoms with Crippen molar-refractivity contribution >= 4 is 44.7 Å². The number of anilines is 2. The van der Waals surface area contributed by atoms with Crippen molar-refractivity contribution in [3.8, 4) is 6.07 Å². The lowest BCUT2D eigenvalue weighted by atomic mass is 9.96. The molecule has 0 bridgehead atoms. The maximum Gasteiger partial charge on any atom is 0.258 e. The van der Waals surface area contributed by atoms with E-state index in [0.29, 0.717) is 45.1 Å². The van der Waals surface area contributed by atoms with Crippen molar-refractivity contribution in [3.63, 3.8) is 0 Å². The smallest absolute Gasteiger partial charge is 0.258 e. The van der Waals surface area contributed by atoms with Gasteiger partial charge in [-0.05, 0) is 40.6 Å². The summed E-state index contributed by atoms with van der Waals surface area (Å²) in [5.74, 6) is 0. The van der Waals surface area contributed by atoms with E-state index in [9.17, 15) is 10.1 Å². The van der Waals surface area contributed by atoms with E-state index in [-0.39, 0.29) is 11.0 Å². The highest BCUT2D eigenvalue weighted by Gasteiger charge is 2.22. The van der Waals surface area contributed by atoms with E-state index in [2.05, 4.69) is 52.8 Å². The number of hydrogen-bond acceptors (Lipinski definition) is 7.